The molecular weight excluding hydrogens is 1980 g/mol. The van der Waals surface area contributed by atoms with E-state index in [1.807, 2.05) is 0 Å². The zero-order valence-electron chi connectivity index (χ0n) is 64.3. The fourth-order valence-corrected chi connectivity index (χ4v) is 17.3. The Morgan fingerprint density at radius 2 is 0.264 bits per heavy atom. The standard InChI is InChI=1S/C45H107O61P15/c1-6-41(31-46)32-99-114(62,63)90-25-26-93-117(68,69)102-37-44(9-4)38-104-119(72,73)95-29-30-97-121(76,77)106-40-45(10-5)39-105-120(74,75)96-28-27-94-118(70,71)103-36-43(8-3)35-101-116(66,67)92-24-22-89-113(60,61)87-20-18-85-111(56,57)83-16-14-81-109(52,53)79-12-11-78-108(50,51)80-13-15-82-110(54,55)84-17-19-86-112(58,59)88-21-23-91-115(64,65)100-34-42(7-2)33-98-107(47,48)49/h41-46H,6-40H2,1-5H3,(H,50,51)(H,52,53)(H,54,55)(H,56,57)(H,58,59)(H,60,61)(H,62,63)(H,64,65)(H,66,67)(H,68,69)(H,70,71)(H,72,73)(H,74,75)(H,76,77)(H2,47,48,49)/p-15. The van der Waals surface area contributed by atoms with Crippen molar-refractivity contribution in [3.8, 4) is 0 Å². The maximum absolute atomic E-state index is 12.3. The summed E-state index contributed by atoms with van der Waals surface area (Å²) in [5, 5.41) is 9.12. The van der Waals surface area contributed by atoms with Gasteiger partial charge < -0.3 is 215 Å². The molecule has 0 aromatic rings. The molecule has 0 aromatic heterocycles. The Hall–Kier alpha value is 1.61. The molecule has 0 radical (unpaired) electrons. The van der Waals surface area contributed by atoms with Crippen molar-refractivity contribution < 1.29 is 283 Å². The van der Waals surface area contributed by atoms with Gasteiger partial charge in [-0.15, -0.1) is 0 Å². The monoisotopic (exact) mass is 2070 g/mol. The Morgan fingerprint density at radius 3 is 0.355 bits per heavy atom. The third kappa shape index (κ3) is 70.0. The Bertz CT molecular complexity index is 3660. The van der Waals surface area contributed by atoms with Crippen molar-refractivity contribution in [1.29, 1.82) is 0 Å². The van der Waals surface area contributed by atoms with Gasteiger partial charge in [-0.25, -0.2) is 0 Å². The number of phosphoric ester groups is 15. The van der Waals surface area contributed by atoms with E-state index in [0.717, 1.165) is 0 Å². The predicted molar refractivity (Wildman–Crippen MR) is 365 cm³/mol. The SMILES string of the molecule is CCC(CO)COP(=O)([O-])OCCOP(=O)([O-])OCC(CC)COP(=O)([O-])OCCOP(=O)([O-])OCC(CC)COP(=O)([O-])OCCOP(=O)([O-])OCC(CC)COP(=O)([O-])OCCOP(=O)([O-])OCCOP(=O)([O-])OCCOP(=O)([O-])OCCOP(=O)([O-])OCCOP(=O)([O-])OCCOP(=O)([O-])OCCOP(=O)([O-])OCC(CC)COP(=O)([O-])O. The summed E-state index contributed by atoms with van der Waals surface area (Å²) < 4.78 is 309. The van der Waals surface area contributed by atoms with E-state index in [1.54, 1.807) is 6.92 Å². The van der Waals surface area contributed by atoms with Crippen molar-refractivity contribution in [3.05, 3.63) is 0 Å². The van der Waals surface area contributed by atoms with Crippen molar-refractivity contribution >= 4 is 117 Å². The van der Waals surface area contributed by atoms with Crippen LogP contribution in [0.4, 0.5) is 0 Å². The van der Waals surface area contributed by atoms with Gasteiger partial charge in [-0.2, -0.15) is 0 Å². The van der Waals surface area contributed by atoms with E-state index in [2.05, 4.69) is 127 Å². The summed E-state index contributed by atoms with van der Waals surface area (Å²) in [5.74, 6) is -4.30. The van der Waals surface area contributed by atoms with Crippen LogP contribution >= 0.6 is 117 Å². The lowest BCUT2D eigenvalue weighted by Crippen LogP contribution is -2.22. The van der Waals surface area contributed by atoms with Crippen molar-refractivity contribution in [2.45, 2.75) is 66.7 Å². The molecule has 0 aliphatic carbocycles. The minimum Gasteiger partial charge on any atom is -0.756 e. The van der Waals surface area contributed by atoms with Gasteiger partial charge in [-0.3, -0.25) is 68.5 Å². The van der Waals surface area contributed by atoms with Crippen molar-refractivity contribution in [2.75, 3.05) is 198 Å². The van der Waals surface area contributed by atoms with Crippen LogP contribution in [0.2, 0.25) is 0 Å². The van der Waals surface area contributed by atoms with Crippen LogP contribution in [0.1, 0.15) is 66.7 Å². The highest BCUT2D eigenvalue weighted by Gasteiger charge is 2.26. The first kappa shape index (κ1) is 123. The van der Waals surface area contributed by atoms with Crippen molar-refractivity contribution in [1.82, 2.24) is 0 Å². The second kappa shape index (κ2) is 60.8. The first-order valence-corrected chi connectivity index (χ1v) is 56.3. The maximum atomic E-state index is 12.3. The number of phosphoric acid groups is 15. The molecule has 0 saturated carbocycles. The van der Waals surface area contributed by atoms with Crippen LogP contribution in [0.15, 0.2) is 0 Å². The van der Waals surface area contributed by atoms with Crippen LogP contribution in [0.5, 0.6) is 0 Å². The molecule has 121 heavy (non-hydrogen) atoms. The summed E-state index contributed by atoms with van der Waals surface area (Å²) in [4.78, 5) is 188. The van der Waals surface area contributed by atoms with Crippen molar-refractivity contribution in [2.24, 2.45) is 29.6 Å². The average Bonchev–Trinajstić information content (AvgIpc) is 0.892. The van der Waals surface area contributed by atoms with Crippen LogP contribution in [0.25, 0.3) is 0 Å². The van der Waals surface area contributed by atoms with Gasteiger partial charge in [0.15, 0.2) is 0 Å². The molecule has 0 aromatic carbocycles. The second-order valence-corrected chi connectivity index (χ2v) is 43.6. The summed E-state index contributed by atoms with van der Waals surface area (Å²) in [6.45, 7) is -19.5. The van der Waals surface area contributed by atoms with E-state index in [4.69, 9.17) is 14.5 Å². The molecule has 76 heteroatoms. The summed E-state index contributed by atoms with van der Waals surface area (Å²) in [5.41, 5.74) is 0. The quantitative estimate of drug-likeness (QED) is 0.0443. The lowest BCUT2D eigenvalue weighted by atomic mass is 10.1. The Balaban J connectivity index is 4.50. The van der Waals surface area contributed by atoms with Gasteiger partial charge >= 0.3 is 0 Å². The maximum Gasteiger partial charge on any atom is 0.268 e. The molecule has 0 aliphatic rings. The van der Waals surface area contributed by atoms with Crippen LogP contribution in [0, 0.1) is 29.6 Å². The molecule has 61 nitrogen and oxygen atoms in total. The van der Waals surface area contributed by atoms with Gasteiger partial charge in [0, 0.05) is 36.2 Å². The van der Waals surface area contributed by atoms with Crippen LogP contribution in [0.3, 0.4) is 0 Å². The summed E-state index contributed by atoms with van der Waals surface area (Å²) in [7, 11) is -78.4. The highest BCUT2D eigenvalue weighted by molar-refractivity contribution is 7.49. The number of hydrogen-bond donors (Lipinski definition) is 2. The lowest BCUT2D eigenvalue weighted by Gasteiger charge is -2.29. The topological polar surface area (TPSA) is 910 Å². The number of aliphatic hydroxyl groups excluding tert-OH is 1. The molecule has 2 N–H and O–H groups in total. The highest BCUT2D eigenvalue weighted by Crippen LogP contribution is 2.50. The van der Waals surface area contributed by atoms with Crippen LogP contribution < -0.4 is 73.4 Å². The Morgan fingerprint density at radius 1 is 0.174 bits per heavy atom. The van der Waals surface area contributed by atoms with E-state index in [-0.39, 0.29) is 38.9 Å². The Kier molecular flexibility index (Phi) is 61.6. The van der Waals surface area contributed by atoms with E-state index >= 15 is 0 Å². The van der Waals surface area contributed by atoms with E-state index in [0.29, 0.717) is 6.42 Å². The second-order valence-electron chi connectivity index (χ2n) is 22.6. The van der Waals surface area contributed by atoms with Gasteiger partial charge in [0.2, 0.25) is 0 Å². The van der Waals surface area contributed by atoms with Crippen LogP contribution in [-0.4, -0.2) is 208 Å². The minimum atomic E-state index is -5.36. The number of rotatable bonds is 83. The smallest absolute Gasteiger partial charge is 0.268 e. The third-order valence-electron chi connectivity index (χ3n) is 13.2. The molecule has 0 heterocycles. The molecule has 0 aliphatic heterocycles. The molecule has 728 valence electrons. The largest absolute Gasteiger partial charge is 0.756 e. The molecule has 20 atom stereocenters. The molecule has 0 fully saturated rings. The van der Waals surface area contributed by atoms with E-state index < -0.39 is 332 Å². The summed E-state index contributed by atoms with van der Waals surface area (Å²) in [6.07, 6.45) is 0.579. The zero-order chi connectivity index (χ0) is 92.6. The third-order valence-corrected chi connectivity index (χ3v) is 27.4. The van der Waals surface area contributed by atoms with Gasteiger partial charge in [-0.1, -0.05) is 34.6 Å². The summed E-state index contributed by atoms with van der Waals surface area (Å²) >= 11 is 0. The van der Waals surface area contributed by atoms with Crippen molar-refractivity contribution in [3.63, 3.8) is 0 Å². The van der Waals surface area contributed by atoms with E-state index in [1.165, 1.54) is 27.7 Å². The van der Waals surface area contributed by atoms with Crippen LogP contribution in [-0.2, 0) is 200 Å². The molecule has 20 unspecified atom stereocenters. The zero-order valence-corrected chi connectivity index (χ0v) is 77.7. The predicted octanol–water partition coefficient (Wildman–Crippen LogP) is -3.39. The Labute approximate surface area is 692 Å². The molecule has 0 rings (SSSR count). The average molecular weight is 2070 g/mol. The molecular formula is C45H92O61P15-15. The van der Waals surface area contributed by atoms with Gasteiger partial charge in [0.1, 0.15) is 0 Å². The first-order valence-electron chi connectivity index (χ1n) is 34.3. The fourth-order valence-electron chi connectivity index (χ4n) is 6.71. The first-order chi connectivity index (χ1) is 55.6. The number of aliphatic hydroxyl groups is 1. The molecule has 0 amide bonds. The van der Waals surface area contributed by atoms with Gasteiger partial charge in [0.05, 0.1) is 192 Å². The summed E-state index contributed by atoms with van der Waals surface area (Å²) in [6, 6.07) is 0. The highest BCUT2D eigenvalue weighted by atomic mass is 31.2. The van der Waals surface area contributed by atoms with Gasteiger partial charge in [0.25, 0.3) is 117 Å². The normalized spacial score (nSPS) is 21.3. The number of hydrogen-bond acceptors (Lipinski definition) is 60. The van der Waals surface area contributed by atoms with Gasteiger partial charge in [-0.05, 0) is 32.1 Å². The molecule has 0 bridgehead atoms. The molecule has 0 spiro atoms. The minimum absolute atomic E-state index is 0.00714. The fraction of sp³-hybridized carbons (Fsp3) is 1.00. The van der Waals surface area contributed by atoms with E-state index in [9.17, 15) is 142 Å². The lowest BCUT2D eigenvalue weighted by molar-refractivity contribution is -0.239. The molecule has 0 saturated heterocycles.